The van der Waals surface area contributed by atoms with Gasteiger partial charge in [-0.1, -0.05) is 66.7 Å². The number of furan rings is 1. The lowest BCUT2D eigenvalue weighted by atomic mass is 10.1. The molecule has 2 aromatic heterocycles. The Balaban J connectivity index is 1.44. The van der Waals surface area contributed by atoms with E-state index in [9.17, 15) is 4.79 Å². The van der Waals surface area contributed by atoms with Gasteiger partial charge in [-0.05, 0) is 60.9 Å². The molecule has 0 saturated carbocycles. The van der Waals surface area contributed by atoms with E-state index in [4.69, 9.17) is 18.9 Å². The van der Waals surface area contributed by atoms with Crippen LogP contribution in [0.25, 0.3) is 33.5 Å². The molecule has 0 aliphatic carbocycles. The van der Waals surface area contributed by atoms with Gasteiger partial charge in [0.25, 0.3) is 5.56 Å². The molecule has 0 atom stereocenters. The van der Waals surface area contributed by atoms with Crippen molar-refractivity contribution in [3.05, 3.63) is 137 Å². The van der Waals surface area contributed by atoms with Gasteiger partial charge in [0.1, 0.15) is 12.2 Å². The van der Waals surface area contributed by atoms with Crippen LogP contribution in [0.3, 0.4) is 0 Å². The molecule has 208 valence electrons. The Bertz CT molecular complexity index is 1940. The van der Waals surface area contributed by atoms with Gasteiger partial charge in [-0.15, -0.1) is 6.58 Å². The molecular weight excluding hydrogens is 526 g/mol. The third-order valence-corrected chi connectivity index (χ3v) is 6.77. The first-order valence-corrected chi connectivity index (χ1v) is 13.8. The Labute approximate surface area is 243 Å². The van der Waals surface area contributed by atoms with Crippen LogP contribution in [0.2, 0.25) is 0 Å². The lowest BCUT2D eigenvalue weighted by Crippen LogP contribution is -2.20. The van der Waals surface area contributed by atoms with Crippen LogP contribution in [0.5, 0.6) is 11.5 Å². The van der Waals surface area contributed by atoms with Crippen molar-refractivity contribution < 1.29 is 13.9 Å². The van der Waals surface area contributed by atoms with Crippen molar-refractivity contribution in [2.24, 2.45) is 5.10 Å². The van der Waals surface area contributed by atoms with Crippen LogP contribution in [0.15, 0.2) is 124 Å². The molecule has 4 aromatic carbocycles. The summed E-state index contributed by atoms with van der Waals surface area (Å²) >= 11 is 0. The van der Waals surface area contributed by atoms with Crippen molar-refractivity contribution in [2.45, 2.75) is 20.0 Å². The molecular formula is C35H29N3O4. The summed E-state index contributed by atoms with van der Waals surface area (Å²) in [5.74, 6) is 2.01. The van der Waals surface area contributed by atoms with Crippen LogP contribution in [-0.2, 0) is 13.0 Å². The number of fused-ring (bicyclic) bond motifs is 2. The van der Waals surface area contributed by atoms with Gasteiger partial charge in [0.15, 0.2) is 17.3 Å². The Morgan fingerprint density at radius 3 is 2.55 bits per heavy atom. The molecule has 42 heavy (non-hydrogen) atoms. The maximum Gasteiger partial charge on any atom is 0.282 e. The van der Waals surface area contributed by atoms with Crippen LogP contribution in [0.1, 0.15) is 23.6 Å². The summed E-state index contributed by atoms with van der Waals surface area (Å²) in [4.78, 5) is 18.5. The molecule has 0 bridgehead atoms. The first-order valence-electron chi connectivity index (χ1n) is 13.8. The Kier molecular flexibility index (Phi) is 7.64. The average Bonchev–Trinajstić information content (AvgIpc) is 3.45. The summed E-state index contributed by atoms with van der Waals surface area (Å²) < 4.78 is 19.6. The molecule has 0 spiro atoms. The topological polar surface area (TPSA) is 78.9 Å². The molecule has 0 aliphatic rings. The number of hydrogen-bond donors (Lipinski definition) is 0. The normalized spacial score (nSPS) is 11.4. The largest absolute Gasteiger partial charge is 0.490 e. The van der Waals surface area contributed by atoms with Crippen LogP contribution in [0, 0.1) is 0 Å². The molecule has 0 unspecified atom stereocenters. The zero-order chi connectivity index (χ0) is 28.9. The van der Waals surface area contributed by atoms with Gasteiger partial charge in [0.2, 0.25) is 5.82 Å². The predicted octanol–water partition coefficient (Wildman–Crippen LogP) is 7.40. The summed E-state index contributed by atoms with van der Waals surface area (Å²) in [6, 6.07) is 30.5. The Hall–Kier alpha value is -5.43. The summed E-state index contributed by atoms with van der Waals surface area (Å²) in [6.45, 7) is 6.71. The standard InChI is InChI=1S/C35H29N3O4/c1-3-12-27-19-25(20-31(40-4-2)33(27)41-23-24-13-6-5-7-14-24)22-36-38-34(32-21-26-15-8-11-18-30(26)42-32)37-29-17-10-9-16-28(29)35(38)39/h3,5-11,13-22H,1,4,12,23H2,2H3. The van der Waals surface area contributed by atoms with E-state index in [0.29, 0.717) is 59.2 Å². The minimum Gasteiger partial charge on any atom is -0.490 e. The number of rotatable bonds is 10. The van der Waals surface area contributed by atoms with Gasteiger partial charge in [-0.2, -0.15) is 9.78 Å². The Morgan fingerprint density at radius 1 is 0.952 bits per heavy atom. The lowest BCUT2D eigenvalue weighted by Gasteiger charge is -2.17. The molecule has 0 N–H and O–H groups in total. The van der Waals surface area contributed by atoms with E-state index < -0.39 is 0 Å². The second-order valence-electron chi connectivity index (χ2n) is 9.67. The minimum absolute atomic E-state index is 0.300. The number of nitrogens with zero attached hydrogens (tertiary/aromatic N) is 3. The predicted molar refractivity (Wildman–Crippen MR) is 166 cm³/mol. The lowest BCUT2D eigenvalue weighted by molar-refractivity contribution is 0.267. The van der Waals surface area contributed by atoms with Crippen molar-refractivity contribution >= 4 is 28.1 Å². The SMILES string of the molecule is C=CCc1cc(C=Nn2c(-c3cc4ccccc4o3)nc3ccccc3c2=O)cc(OCC)c1OCc1ccccc1. The van der Waals surface area contributed by atoms with Crippen molar-refractivity contribution in [1.29, 1.82) is 0 Å². The average molecular weight is 556 g/mol. The highest BCUT2D eigenvalue weighted by molar-refractivity contribution is 5.85. The number of ether oxygens (including phenoxy) is 2. The smallest absolute Gasteiger partial charge is 0.282 e. The highest BCUT2D eigenvalue weighted by Gasteiger charge is 2.17. The van der Waals surface area contributed by atoms with E-state index in [1.54, 1.807) is 18.3 Å². The number of allylic oxidation sites excluding steroid dienone is 1. The molecule has 0 radical (unpaired) electrons. The summed E-state index contributed by atoms with van der Waals surface area (Å²) in [5, 5.41) is 6.00. The van der Waals surface area contributed by atoms with E-state index in [0.717, 1.165) is 22.1 Å². The second-order valence-corrected chi connectivity index (χ2v) is 9.67. The van der Waals surface area contributed by atoms with Gasteiger partial charge in [-0.25, -0.2) is 4.98 Å². The monoisotopic (exact) mass is 555 g/mol. The van der Waals surface area contributed by atoms with E-state index in [1.807, 2.05) is 97.9 Å². The first-order chi connectivity index (χ1) is 20.6. The fourth-order valence-corrected chi connectivity index (χ4v) is 4.83. The summed E-state index contributed by atoms with van der Waals surface area (Å²) in [7, 11) is 0. The molecule has 6 aromatic rings. The first kappa shape index (κ1) is 26.8. The van der Waals surface area contributed by atoms with Gasteiger partial charge in [0.05, 0.1) is 23.7 Å². The third kappa shape index (κ3) is 5.45. The van der Waals surface area contributed by atoms with Crippen LogP contribution >= 0.6 is 0 Å². The van der Waals surface area contributed by atoms with Crippen LogP contribution in [0.4, 0.5) is 0 Å². The molecule has 0 fully saturated rings. The second kappa shape index (κ2) is 12.0. The zero-order valence-corrected chi connectivity index (χ0v) is 23.2. The minimum atomic E-state index is -0.300. The molecule has 2 heterocycles. The zero-order valence-electron chi connectivity index (χ0n) is 23.2. The number of aromatic nitrogens is 2. The van der Waals surface area contributed by atoms with E-state index >= 15 is 0 Å². The van der Waals surface area contributed by atoms with Crippen LogP contribution < -0.4 is 15.0 Å². The number of para-hydroxylation sites is 2. The van der Waals surface area contributed by atoms with Crippen molar-refractivity contribution in [1.82, 2.24) is 9.66 Å². The number of hydrogen-bond acceptors (Lipinski definition) is 6. The third-order valence-electron chi connectivity index (χ3n) is 6.77. The summed E-state index contributed by atoms with van der Waals surface area (Å²) in [6.07, 6.45) is 4.01. The van der Waals surface area contributed by atoms with Gasteiger partial charge < -0.3 is 13.9 Å². The van der Waals surface area contributed by atoms with Gasteiger partial charge in [0, 0.05) is 10.9 Å². The quantitative estimate of drug-likeness (QED) is 0.130. The molecule has 0 saturated heterocycles. The molecule has 7 nitrogen and oxygen atoms in total. The van der Waals surface area contributed by atoms with Gasteiger partial charge in [-0.3, -0.25) is 4.79 Å². The molecule has 0 aliphatic heterocycles. The van der Waals surface area contributed by atoms with Gasteiger partial charge >= 0.3 is 0 Å². The molecule has 0 amide bonds. The maximum atomic E-state index is 13.7. The van der Waals surface area contributed by atoms with E-state index in [-0.39, 0.29) is 5.56 Å². The van der Waals surface area contributed by atoms with E-state index in [1.165, 1.54) is 4.68 Å². The molecule has 6 rings (SSSR count). The highest BCUT2D eigenvalue weighted by Crippen LogP contribution is 2.34. The van der Waals surface area contributed by atoms with Crippen molar-refractivity contribution in [3.8, 4) is 23.1 Å². The summed E-state index contributed by atoms with van der Waals surface area (Å²) in [5.41, 5.74) is 3.65. The highest BCUT2D eigenvalue weighted by atomic mass is 16.5. The molecule has 7 heteroatoms. The fourth-order valence-electron chi connectivity index (χ4n) is 4.83. The Morgan fingerprint density at radius 2 is 1.74 bits per heavy atom. The van der Waals surface area contributed by atoms with Crippen molar-refractivity contribution in [2.75, 3.05) is 6.61 Å². The maximum absolute atomic E-state index is 13.7. The van der Waals surface area contributed by atoms with E-state index in [2.05, 4.69) is 11.7 Å². The number of benzene rings is 4. The fraction of sp³-hybridized carbons (Fsp3) is 0.114. The van der Waals surface area contributed by atoms with Crippen molar-refractivity contribution in [3.63, 3.8) is 0 Å². The van der Waals surface area contributed by atoms with Crippen LogP contribution in [-0.4, -0.2) is 22.5 Å².